The summed E-state index contributed by atoms with van der Waals surface area (Å²) in [6.07, 6.45) is 9.61. The predicted octanol–water partition coefficient (Wildman–Crippen LogP) is 4.59. The SMILES string of the molecule is CCC(C)(C)C(=O)O[C@@H]1C[C@H](C)C=C2C=C[C@H](C)[C@H](CC[C@@H]3C[C@@H](O)CC(=O)O3)[C@H]21. The van der Waals surface area contributed by atoms with Gasteiger partial charge >= 0.3 is 11.9 Å². The van der Waals surface area contributed by atoms with Gasteiger partial charge in [-0.25, -0.2) is 0 Å². The normalized spacial score (nSPS) is 36.5. The molecule has 0 bridgehead atoms. The van der Waals surface area contributed by atoms with Crippen LogP contribution in [0.4, 0.5) is 0 Å². The van der Waals surface area contributed by atoms with Gasteiger partial charge in [0.05, 0.1) is 17.9 Å². The van der Waals surface area contributed by atoms with Crippen LogP contribution in [0.2, 0.25) is 0 Å². The maximum Gasteiger partial charge on any atom is 0.311 e. The van der Waals surface area contributed by atoms with E-state index in [9.17, 15) is 14.7 Å². The maximum atomic E-state index is 12.9. The number of hydrogen-bond donors (Lipinski definition) is 1. The van der Waals surface area contributed by atoms with Crippen molar-refractivity contribution in [3.05, 3.63) is 23.8 Å². The van der Waals surface area contributed by atoms with Crippen molar-refractivity contribution in [2.45, 2.75) is 91.5 Å². The first-order valence-corrected chi connectivity index (χ1v) is 11.6. The molecule has 3 aliphatic rings. The van der Waals surface area contributed by atoms with Crippen molar-refractivity contribution in [1.29, 1.82) is 0 Å². The van der Waals surface area contributed by atoms with Crippen molar-refractivity contribution in [3.63, 3.8) is 0 Å². The molecule has 1 saturated heterocycles. The number of aliphatic hydroxyl groups is 1. The zero-order valence-electron chi connectivity index (χ0n) is 19.1. The van der Waals surface area contributed by atoms with Gasteiger partial charge in [-0.1, -0.05) is 39.0 Å². The quantitative estimate of drug-likeness (QED) is 0.639. The van der Waals surface area contributed by atoms with E-state index in [1.165, 1.54) is 5.57 Å². The Kier molecular flexibility index (Phi) is 7.11. The predicted molar refractivity (Wildman–Crippen MR) is 115 cm³/mol. The molecule has 30 heavy (non-hydrogen) atoms. The number of aliphatic hydroxyl groups excluding tert-OH is 1. The van der Waals surface area contributed by atoms with Gasteiger partial charge < -0.3 is 14.6 Å². The molecular formula is C25H38O5. The summed E-state index contributed by atoms with van der Waals surface area (Å²) in [7, 11) is 0. The summed E-state index contributed by atoms with van der Waals surface area (Å²) in [4.78, 5) is 24.6. The lowest BCUT2D eigenvalue weighted by molar-refractivity contribution is -0.166. The lowest BCUT2D eigenvalue weighted by Crippen LogP contribution is -2.43. The smallest absolute Gasteiger partial charge is 0.311 e. The fourth-order valence-electron chi connectivity index (χ4n) is 5.08. The largest absolute Gasteiger partial charge is 0.462 e. The summed E-state index contributed by atoms with van der Waals surface area (Å²) in [6.45, 7) is 10.3. The maximum absolute atomic E-state index is 12.9. The van der Waals surface area contributed by atoms with Crippen molar-refractivity contribution in [2.75, 3.05) is 0 Å². The standard InChI is InChI=1S/C25H38O5/c1-6-25(4,5)24(28)30-21-12-15(2)11-17-8-7-16(3)20(23(17)21)10-9-19-13-18(26)14-22(27)29-19/h7-8,11,15-16,18-21,23,26H,6,9-10,12-14H2,1-5H3/t15-,16+,18-,19-,20+,21-,23+/m1/s1. The minimum absolute atomic E-state index is 0.0949. The van der Waals surface area contributed by atoms with E-state index in [0.29, 0.717) is 24.2 Å². The molecule has 7 atom stereocenters. The second-order valence-electron chi connectivity index (χ2n) is 10.3. The second-order valence-corrected chi connectivity index (χ2v) is 10.3. The molecule has 0 aromatic heterocycles. The fourth-order valence-corrected chi connectivity index (χ4v) is 5.08. The van der Waals surface area contributed by atoms with Crippen LogP contribution in [-0.4, -0.2) is 35.4 Å². The van der Waals surface area contributed by atoms with E-state index >= 15 is 0 Å². The Hall–Kier alpha value is -1.62. The Morgan fingerprint density at radius 2 is 2.00 bits per heavy atom. The van der Waals surface area contributed by atoms with E-state index < -0.39 is 11.5 Å². The highest BCUT2D eigenvalue weighted by Gasteiger charge is 2.43. The molecule has 1 heterocycles. The van der Waals surface area contributed by atoms with Gasteiger partial charge in [-0.2, -0.15) is 0 Å². The molecule has 5 heteroatoms. The molecule has 1 fully saturated rings. The molecule has 0 amide bonds. The minimum atomic E-state index is -0.601. The Morgan fingerprint density at radius 3 is 2.67 bits per heavy atom. The molecule has 2 aliphatic carbocycles. The number of hydrogen-bond acceptors (Lipinski definition) is 5. The first kappa shape index (κ1) is 23.1. The molecule has 1 aliphatic heterocycles. The summed E-state index contributed by atoms with van der Waals surface area (Å²) in [5.74, 6) is 0.776. The first-order chi connectivity index (χ1) is 14.1. The van der Waals surface area contributed by atoms with Crippen LogP contribution < -0.4 is 0 Å². The molecule has 1 N–H and O–H groups in total. The Labute approximate surface area is 180 Å². The third kappa shape index (κ3) is 5.16. The van der Waals surface area contributed by atoms with Crippen LogP contribution in [0.1, 0.15) is 73.1 Å². The topological polar surface area (TPSA) is 72.8 Å². The number of rotatable bonds is 6. The summed E-state index contributed by atoms with van der Waals surface area (Å²) in [5.41, 5.74) is 0.785. The van der Waals surface area contributed by atoms with Gasteiger partial charge in [0.25, 0.3) is 0 Å². The minimum Gasteiger partial charge on any atom is -0.462 e. The average molecular weight is 419 g/mol. The number of carbonyl (C=O) groups excluding carboxylic acids is 2. The van der Waals surface area contributed by atoms with Crippen LogP contribution >= 0.6 is 0 Å². The number of carbonyl (C=O) groups is 2. The molecule has 0 unspecified atom stereocenters. The molecule has 168 valence electrons. The molecular weight excluding hydrogens is 380 g/mol. The highest BCUT2D eigenvalue weighted by Crippen LogP contribution is 2.45. The molecule has 0 radical (unpaired) electrons. The van der Waals surface area contributed by atoms with Crippen LogP contribution in [0.5, 0.6) is 0 Å². The van der Waals surface area contributed by atoms with E-state index in [0.717, 1.165) is 25.7 Å². The van der Waals surface area contributed by atoms with Gasteiger partial charge in [0.15, 0.2) is 0 Å². The second kappa shape index (κ2) is 9.25. The van der Waals surface area contributed by atoms with Gasteiger partial charge in [-0.3, -0.25) is 9.59 Å². The zero-order chi connectivity index (χ0) is 22.1. The van der Waals surface area contributed by atoms with Crippen molar-refractivity contribution >= 4 is 11.9 Å². The summed E-state index contributed by atoms with van der Waals surface area (Å²) >= 11 is 0. The van der Waals surface area contributed by atoms with E-state index in [-0.39, 0.29) is 36.5 Å². The number of ether oxygens (including phenoxy) is 2. The van der Waals surface area contributed by atoms with Gasteiger partial charge in [0, 0.05) is 12.3 Å². The molecule has 0 aromatic rings. The Bertz CT molecular complexity index is 706. The van der Waals surface area contributed by atoms with Crippen LogP contribution in [0.15, 0.2) is 23.8 Å². The van der Waals surface area contributed by atoms with E-state index in [4.69, 9.17) is 9.47 Å². The van der Waals surface area contributed by atoms with Crippen molar-refractivity contribution < 1.29 is 24.2 Å². The van der Waals surface area contributed by atoms with E-state index in [2.05, 4.69) is 32.1 Å². The number of fused-ring (bicyclic) bond motifs is 1. The highest BCUT2D eigenvalue weighted by atomic mass is 16.6. The van der Waals surface area contributed by atoms with Crippen molar-refractivity contribution in [2.24, 2.45) is 29.1 Å². The summed E-state index contributed by atoms with van der Waals surface area (Å²) in [6, 6.07) is 0. The van der Waals surface area contributed by atoms with Crippen LogP contribution in [0, 0.1) is 29.1 Å². The number of esters is 2. The van der Waals surface area contributed by atoms with E-state index in [1.54, 1.807) is 0 Å². The van der Waals surface area contributed by atoms with Gasteiger partial charge in [0.2, 0.25) is 0 Å². The molecule has 0 spiro atoms. The van der Waals surface area contributed by atoms with Crippen LogP contribution in [0.25, 0.3) is 0 Å². The molecule has 0 aromatic carbocycles. The summed E-state index contributed by atoms with van der Waals surface area (Å²) < 4.78 is 11.6. The average Bonchev–Trinajstić information content (AvgIpc) is 2.66. The zero-order valence-corrected chi connectivity index (χ0v) is 19.1. The van der Waals surface area contributed by atoms with E-state index in [1.807, 2.05) is 20.8 Å². The lowest BCUT2D eigenvalue weighted by Gasteiger charge is -2.44. The Balaban J connectivity index is 1.76. The van der Waals surface area contributed by atoms with Crippen LogP contribution in [0.3, 0.4) is 0 Å². The van der Waals surface area contributed by atoms with Crippen molar-refractivity contribution in [3.8, 4) is 0 Å². The van der Waals surface area contributed by atoms with Gasteiger partial charge in [0.1, 0.15) is 12.2 Å². The highest BCUT2D eigenvalue weighted by molar-refractivity contribution is 5.76. The lowest BCUT2D eigenvalue weighted by atomic mass is 9.65. The third-order valence-corrected chi connectivity index (χ3v) is 7.35. The first-order valence-electron chi connectivity index (χ1n) is 11.6. The molecule has 3 rings (SSSR count). The monoisotopic (exact) mass is 418 g/mol. The van der Waals surface area contributed by atoms with Gasteiger partial charge in [-0.15, -0.1) is 0 Å². The molecule has 5 nitrogen and oxygen atoms in total. The Morgan fingerprint density at radius 1 is 1.27 bits per heavy atom. The molecule has 0 saturated carbocycles. The number of cyclic esters (lactones) is 1. The third-order valence-electron chi connectivity index (χ3n) is 7.35. The summed E-state index contributed by atoms with van der Waals surface area (Å²) in [5, 5.41) is 9.92. The van der Waals surface area contributed by atoms with Crippen molar-refractivity contribution in [1.82, 2.24) is 0 Å². The fraction of sp³-hybridized carbons (Fsp3) is 0.760. The number of allylic oxidation sites excluding steroid dienone is 3. The van der Waals surface area contributed by atoms with Gasteiger partial charge in [-0.05, 0) is 62.9 Å². The van der Waals surface area contributed by atoms with Crippen LogP contribution in [-0.2, 0) is 19.1 Å².